The van der Waals surface area contributed by atoms with Crippen LogP contribution in [0.4, 0.5) is 0 Å². The Kier molecular flexibility index (Phi) is 8.37. The van der Waals surface area contributed by atoms with Crippen LogP contribution in [0.2, 0.25) is 0 Å². The summed E-state index contributed by atoms with van der Waals surface area (Å²) >= 11 is 0. The summed E-state index contributed by atoms with van der Waals surface area (Å²) in [6, 6.07) is 5.38. The van der Waals surface area contributed by atoms with Crippen LogP contribution in [-0.2, 0) is 0 Å². The summed E-state index contributed by atoms with van der Waals surface area (Å²) in [5.41, 5.74) is 1.95. The van der Waals surface area contributed by atoms with Crippen molar-refractivity contribution in [3.8, 4) is 17.2 Å². The third-order valence-corrected chi connectivity index (χ3v) is 4.33. The van der Waals surface area contributed by atoms with Gasteiger partial charge in [-0.05, 0) is 86.4 Å². The van der Waals surface area contributed by atoms with E-state index in [0.717, 1.165) is 12.8 Å². The van der Waals surface area contributed by atoms with Crippen LogP contribution in [0.3, 0.4) is 0 Å². The maximum absolute atomic E-state index is 12.7. The number of benzene rings is 1. The fraction of sp³-hybridized carbons (Fsp3) is 0.500. The van der Waals surface area contributed by atoms with E-state index in [1.807, 2.05) is 46.8 Å². The van der Waals surface area contributed by atoms with E-state index in [1.54, 1.807) is 12.1 Å². The van der Waals surface area contributed by atoms with Crippen LogP contribution in [0.25, 0.3) is 11.0 Å². The summed E-state index contributed by atoms with van der Waals surface area (Å²) in [5.74, 6) is 1.01. The Morgan fingerprint density at radius 3 is 2.42 bits per heavy atom. The second-order valence-electron chi connectivity index (χ2n) is 9.24. The Bertz CT molecular complexity index is 999. The first-order chi connectivity index (χ1) is 14.5. The molecule has 0 radical (unpaired) electrons. The zero-order valence-corrected chi connectivity index (χ0v) is 20.1. The highest BCUT2D eigenvalue weighted by atomic mass is 16.5. The Morgan fingerprint density at radius 2 is 1.81 bits per heavy atom. The zero-order chi connectivity index (χ0) is 23.2. The van der Waals surface area contributed by atoms with Crippen molar-refractivity contribution in [2.75, 3.05) is 6.61 Å². The van der Waals surface area contributed by atoms with Gasteiger partial charge in [-0.15, -0.1) is 0 Å². The zero-order valence-electron chi connectivity index (χ0n) is 20.1. The van der Waals surface area contributed by atoms with Crippen molar-refractivity contribution in [1.29, 1.82) is 0 Å². The Labute approximate surface area is 185 Å². The fourth-order valence-corrected chi connectivity index (χ4v) is 3.02. The third-order valence-electron chi connectivity index (χ3n) is 4.33. The molecule has 0 aliphatic rings. The van der Waals surface area contributed by atoms with Crippen molar-refractivity contribution in [2.45, 2.75) is 79.9 Å². The molecule has 1 aromatic heterocycles. The van der Waals surface area contributed by atoms with Crippen LogP contribution in [0.5, 0.6) is 17.2 Å². The van der Waals surface area contributed by atoms with E-state index in [9.17, 15) is 4.79 Å². The molecule has 0 aliphatic heterocycles. The quantitative estimate of drug-likeness (QED) is 0.324. The maximum Gasteiger partial charge on any atom is 0.383 e. The van der Waals surface area contributed by atoms with Gasteiger partial charge in [-0.25, -0.2) is 4.79 Å². The SMILES string of the molecule is CC(C)=CCC/C(C)=C/COc1c(OC(C)C)c(=O)oc2cccc(OC(C)(C)C)c12. The Hall–Kier alpha value is -2.69. The third kappa shape index (κ3) is 7.50. The Balaban J connectivity index is 2.47. The van der Waals surface area contributed by atoms with Gasteiger partial charge in [-0.3, -0.25) is 0 Å². The first-order valence-corrected chi connectivity index (χ1v) is 10.8. The van der Waals surface area contributed by atoms with Gasteiger partial charge < -0.3 is 18.6 Å². The van der Waals surface area contributed by atoms with E-state index >= 15 is 0 Å². The molecule has 0 saturated heterocycles. The van der Waals surface area contributed by atoms with Gasteiger partial charge in [-0.2, -0.15) is 0 Å². The second-order valence-corrected chi connectivity index (χ2v) is 9.24. The molecule has 0 aliphatic carbocycles. The van der Waals surface area contributed by atoms with Crippen molar-refractivity contribution < 1.29 is 18.6 Å². The number of allylic oxidation sites excluding steroid dienone is 3. The van der Waals surface area contributed by atoms with Gasteiger partial charge in [0.05, 0.1) is 6.10 Å². The van der Waals surface area contributed by atoms with Gasteiger partial charge in [0.25, 0.3) is 0 Å². The minimum atomic E-state index is -0.562. The van der Waals surface area contributed by atoms with E-state index in [4.69, 9.17) is 18.6 Å². The monoisotopic (exact) mass is 428 g/mol. The van der Waals surface area contributed by atoms with E-state index in [0.29, 0.717) is 29.1 Å². The molecular formula is C26H36O5. The molecule has 0 unspecified atom stereocenters. The highest BCUT2D eigenvalue weighted by Gasteiger charge is 2.24. The summed E-state index contributed by atoms with van der Waals surface area (Å²) in [5, 5.41) is 0.600. The molecule has 1 aromatic carbocycles. The standard InChI is InChI=1S/C26H36O5/c1-17(2)11-9-12-19(5)15-16-28-23-22-20(30-25(27)24(23)29-18(3)4)13-10-14-21(22)31-26(6,7)8/h10-11,13-15,18H,9,12,16H2,1-8H3/b19-15+. The van der Waals surface area contributed by atoms with Crippen LogP contribution >= 0.6 is 0 Å². The molecule has 0 N–H and O–H groups in total. The van der Waals surface area contributed by atoms with Crippen LogP contribution in [0.15, 0.2) is 50.7 Å². The molecular weight excluding hydrogens is 392 g/mol. The lowest BCUT2D eigenvalue weighted by Crippen LogP contribution is -2.23. The lowest BCUT2D eigenvalue weighted by molar-refractivity contribution is 0.132. The summed E-state index contributed by atoms with van der Waals surface area (Å²) in [7, 11) is 0. The molecule has 5 heteroatoms. The van der Waals surface area contributed by atoms with Crippen LogP contribution in [-0.4, -0.2) is 18.3 Å². The minimum absolute atomic E-state index is 0.0723. The van der Waals surface area contributed by atoms with Gasteiger partial charge in [0.1, 0.15) is 28.9 Å². The topological polar surface area (TPSA) is 57.9 Å². The largest absolute Gasteiger partial charge is 0.487 e. The second kappa shape index (κ2) is 10.6. The summed E-state index contributed by atoms with van der Waals surface area (Å²) in [4.78, 5) is 12.7. The van der Waals surface area contributed by atoms with Crippen molar-refractivity contribution in [3.63, 3.8) is 0 Å². The van der Waals surface area contributed by atoms with E-state index in [1.165, 1.54) is 11.1 Å². The number of ether oxygens (including phenoxy) is 3. The average molecular weight is 429 g/mol. The Morgan fingerprint density at radius 1 is 1.10 bits per heavy atom. The predicted octanol–water partition coefficient (Wildman–Crippen LogP) is 6.83. The molecule has 0 spiro atoms. The van der Waals surface area contributed by atoms with E-state index in [2.05, 4.69) is 26.8 Å². The summed E-state index contributed by atoms with van der Waals surface area (Å²) in [6.45, 7) is 16.2. The fourth-order valence-electron chi connectivity index (χ4n) is 3.02. The molecule has 0 atom stereocenters. The summed E-state index contributed by atoms with van der Waals surface area (Å²) < 4.78 is 23.6. The molecule has 0 amide bonds. The van der Waals surface area contributed by atoms with Gasteiger partial charge >= 0.3 is 5.63 Å². The molecule has 2 aromatic rings. The van der Waals surface area contributed by atoms with Crippen molar-refractivity contribution in [1.82, 2.24) is 0 Å². The van der Waals surface area contributed by atoms with Crippen molar-refractivity contribution in [3.05, 3.63) is 51.9 Å². The van der Waals surface area contributed by atoms with Crippen LogP contribution in [0, 0.1) is 0 Å². The highest BCUT2D eigenvalue weighted by Crippen LogP contribution is 2.40. The highest BCUT2D eigenvalue weighted by molar-refractivity contribution is 5.91. The molecule has 31 heavy (non-hydrogen) atoms. The van der Waals surface area contributed by atoms with E-state index < -0.39 is 11.2 Å². The maximum atomic E-state index is 12.7. The molecule has 1 heterocycles. The number of hydrogen-bond acceptors (Lipinski definition) is 5. The number of hydrogen-bond donors (Lipinski definition) is 0. The average Bonchev–Trinajstić information content (AvgIpc) is 2.62. The lowest BCUT2D eigenvalue weighted by Gasteiger charge is -2.23. The molecule has 5 nitrogen and oxygen atoms in total. The lowest BCUT2D eigenvalue weighted by atomic mass is 10.1. The minimum Gasteiger partial charge on any atom is -0.487 e. The first kappa shape index (κ1) is 24.6. The molecule has 0 saturated carbocycles. The summed E-state index contributed by atoms with van der Waals surface area (Å²) in [6.07, 6.45) is 6.00. The van der Waals surface area contributed by atoms with E-state index in [-0.39, 0.29) is 11.9 Å². The number of rotatable bonds is 9. The number of fused-ring (bicyclic) bond motifs is 1. The van der Waals surface area contributed by atoms with Crippen LogP contribution < -0.4 is 19.8 Å². The predicted molar refractivity (Wildman–Crippen MR) is 127 cm³/mol. The van der Waals surface area contributed by atoms with Gasteiger partial charge in [0, 0.05) is 0 Å². The van der Waals surface area contributed by atoms with Crippen LogP contribution in [0.1, 0.15) is 68.2 Å². The van der Waals surface area contributed by atoms with Gasteiger partial charge in [0.15, 0.2) is 5.75 Å². The molecule has 170 valence electrons. The van der Waals surface area contributed by atoms with Crippen molar-refractivity contribution in [2.24, 2.45) is 0 Å². The van der Waals surface area contributed by atoms with Gasteiger partial charge in [-0.1, -0.05) is 23.3 Å². The smallest absolute Gasteiger partial charge is 0.383 e. The van der Waals surface area contributed by atoms with Gasteiger partial charge in [0.2, 0.25) is 5.75 Å². The normalized spacial score (nSPS) is 12.2. The molecule has 2 rings (SSSR count). The first-order valence-electron chi connectivity index (χ1n) is 10.8. The molecule has 0 fully saturated rings. The molecule has 0 bridgehead atoms. The van der Waals surface area contributed by atoms with Crippen molar-refractivity contribution >= 4 is 11.0 Å².